The number of ether oxygens (including phenoxy) is 1. The zero-order valence-electron chi connectivity index (χ0n) is 17.5. The SMILES string of the molecule is C=C1[C@H]2C[C@H](O)C3[C@]45CCCC(C)(C)C4[C@H](OOCC)C(O)(OC5)[C@@]3([C@@H]1O)[C@@H]2O. The first-order valence-electron chi connectivity index (χ1n) is 11.0. The summed E-state index contributed by atoms with van der Waals surface area (Å²) in [6.45, 7) is 10.7. The van der Waals surface area contributed by atoms with Crippen LogP contribution in [0.1, 0.15) is 46.5 Å². The first-order valence-corrected chi connectivity index (χ1v) is 11.0. The van der Waals surface area contributed by atoms with Gasteiger partial charge in [0.1, 0.15) is 0 Å². The molecule has 4 N–H and O–H groups in total. The van der Waals surface area contributed by atoms with Crippen LogP contribution in [0.15, 0.2) is 12.2 Å². The molecule has 0 aromatic heterocycles. The van der Waals surface area contributed by atoms with Gasteiger partial charge in [0, 0.05) is 23.2 Å². The van der Waals surface area contributed by atoms with Crippen LogP contribution in [-0.2, 0) is 14.5 Å². The van der Waals surface area contributed by atoms with Gasteiger partial charge in [-0.15, -0.1) is 0 Å². The van der Waals surface area contributed by atoms with Gasteiger partial charge in [-0.1, -0.05) is 26.8 Å². The van der Waals surface area contributed by atoms with Crippen molar-refractivity contribution >= 4 is 0 Å². The second-order valence-electron chi connectivity index (χ2n) is 10.7. The van der Waals surface area contributed by atoms with Gasteiger partial charge in [0.15, 0.2) is 6.10 Å². The van der Waals surface area contributed by atoms with Crippen molar-refractivity contribution in [2.45, 2.75) is 76.7 Å². The molecule has 7 heteroatoms. The molecule has 2 saturated heterocycles. The van der Waals surface area contributed by atoms with Crippen molar-refractivity contribution in [2.24, 2.45) is 34.0 Å². The van der Waals surface area contributed by atoms with Crippen LogP contribution >= 0.6 is 0 Å². The summed E-state index contributed by atoms with van der Waals surface area (Å²) < 4.78 is 6.13. The van der Waals surface area contributed by atoms with E-state index in [0.717, 1.165) is 19.3 Å². The zero-order chi connectivity index (χ0) is 21.0. The van der Waals surface area contributed by atoms with Gasteiger partial charge in [-0.05, 0) is 37.2 Å². The third kappa shape index (κ3) is 2.04. The van der Waals surface area contributed by atoms with Crippen molar-refractivity contribution in [3.8, 4) is 0 Å². The molecule has 4 bridgehead atoms. The predicted octanol–water partition coefficient (Wildman–Crippen LogP) is 1.14. The van der Waals surface area contributed by atoms with E-state index in [9.17, 15) is 20.4 Å². The minimum absolute atomic E-state index is 0.149. The van der Waals surface area contributed by atoms with E-state index in [1.165, 1.54) is 0 Å². The molecule has 29 heavy (non-hydrogen) atoms. The second-order valence-corrected chi connectivity index (χ2v) is 10.7. The minimum atomic E-state index is -1.99. The molecule has 6 rings (SSSR count). The van der Waals surface area contributed by atoms with E-state index in [1.54, 1.807) is 6.92 Å². The molecule has 4 saturated carbocycles. The Labute approximate surface area is 171 Å². The highest BCUT2D eigenvalue weighted by atomic mass is 17.2. The van der Waals surface area contributed by atoms with Crippen molar-refractivity contribution in [3.63, 3.8) is 0 Å². The maximum atomic E-state index is 12.1. The van der Waals surface area contributed by atoms with Crippen molar-refractivity contribution in [1.82, 2.24) is 0 Å². The van der Waals surface area contributed by atoms with E-state index >= 15 is 0 Å². The normalized spacial score (nSPS) is 57.5. The summed E-state index contributed by atoms with van der Waals surface area (Å²) in [6, 6.07) is 0. The lowest BCUT2D eigenvalue weighted by Crippen LogP contribution is -2.86. The monoisotopic (exact) mass is 410 g/mol. The Bertz CT molecular complexity index is 724. The number of hydrogen-bond donors (Lipinski definition) is 4. The molecule has 2 heterocycles. The van der Waals surface area contributed by atoms with Gasteiger partial charge in [-0.3, -0.25) is 0 Å². The second kappa shape index (κ2) is 6.03. The highest BCUT2D eigenvalue weighted by Gasteiger charge is 2.87. The molecule has 7 nitrogen and oxygen atoms in total. The Morgan fingerprint density at radius 1 is 1.17 bits per heavy atom. The molecule has 6 aliphatic rings. The molecule has 0 aromatic rings. The van der Waals surface area contributed by atoms with Crippen LogP contribution in [-0.4, -0.2) is 63.8 Å². The van der Waals surface area contributed by atoms with E-state index in [2.05, 4.69) is 20.4 Å². The Balaban J connectivity index is 1.77. The number of hydrogen-bond acceptors (Lipinski definition) is 7. The summed E-state index contributed by atoms with van der Waals surface area (Å²) in [5, 5.41) is 46.3. The maximum Gasteiger partial charge on any atom is 0.207 e. The fourth-order valence-corrected chi connectivity index (χ4v) is 8.51. The first kappa shape index (κ1) is 20.4. The Morgan fingerprint density at radius 2 is 1.90 bits per heavy atom. The van der Waals surface area contributed by atoms with Crippen LogP contribution < -0.4 is 0 Å². The molecular weight excluding hydrogens is 376 g/mol. The van der Waals surface area contributed by atoms with Gasteiger partial charge in [-0.25, -0.2) is 9.78 Å². The molecule has 3 unspecified atom stereocenters. The summed E-state index contributed by atoms with van der Waals surface area (Å²) in [4.78, 5) is 11.2. The standard InChI is InChI=1S/C22H34O7/c1-5-28-29-18-15-19(3,4)7-6-8-20(15)10-27-22(18,26)21-14(20)13(23)9-12(17(21)25)11(2)16(21)24/h12-18,23-26H,2,5-10H2,1,3-4H3/t12-,13+,14?,15?,16-,17-,18+,20-,21+,22?/m1/s1. The van der Waals surface area contributed by atoms with Gasteiger partial charge < -0.3 is 25.2 Å². The van der Waals surface area contributed by atoms with Gasteiger partial charge in [0.05, 0.1) is 36.9 Å². The molecule has 0 radical (unpaired) electrons. The fraction of sp³-hybridized carbons (Fsp3) is 0.909. The van der Waals surface area contributed by atoms with Crippen molar-refractivity contribution < 1.29 is 34.9 Å². The first-order chi connectivity index (χ1) is 13.6. The lowest BCUT2D eigenvalue weighted by Gasteiger charge is -2.75. The largest absolute Gasteiger partial charge is 0.393 e. The van der Waals surface area contributed by atoms with E-state index < -0.39 is 52.9 Å². The van der Waals surface area contributed by atoms with Crippen LogP contribution in [0.25, 0.3) is 0 Å². The van der Waals surface area contributed by atoms with Crippen LogP contribution in [0.5, 0.6) is 0 Å². The Morgan fingerprint density at radius 3 is 2.59 bits per heavy atom. The van der Waals surface area contributed by atoms with E-state index in [4.69, 9.17) is 14.5 Å². The van der Waals surface area contributed by atoms with Gasteiger partial charge in [-0.2, -0.15) is 0 Å². The molecule has 164 valence electrons. The third-order valence-electron chi connectivity index (χ3n) is 9.25. The van der Waals surface area contributed by atoms with Gasteiger partial charge in [0.25, 0.3) is 0 Å². The molecule has 2 spiro atoms. The van der Waals surface area contributed by atoms with Crippen molar-refractivity contribution in [1.29, 1.82) is 0 Å². The van der Waals surface area contributed by atoms with Crippen LogP contribution in [0.2, 0.25) is 0 Å². The van der Waals surface area contributed by atoms with Crippen LogP contribution in [0, 0.1) is 34.0 Å². The van der Waals surface area contributed by atoms with E-state index in [-0.39, 0.29) is 17.9 Å². The molecule has 2 aliphatic heterocycles. The lowest BCUT2D eigenvalue weighted by atomic mass is 9.35. The Hall–Kier alpha value is -0.540. The zero-order valence-corrected chi connectivity index (χ0v) is 17.5. The third-order valence-corrected chi connectivity index (χ3v) is 9.25. The van der Waals surface area contributed by atoms with Crippen molar-refractivity contribution in [2.75, 3.05) is 13.2 Å². The topological polar surface area (TPSA) is 109 Å². The molecule has 6 fully saturated rings. The lowest BCUT2D eigenvalue weighted by molar-refractivity contribution is -0.515. The number of aliphatic hydroxyl groups is 4. The minimum Gasteiger partial charge on any atom is -0.393 e. The Kier molecular flexibility index (Phi) is 4.24. The molecular formula is C22H34O7. The summed E-state index contributed by atoms with van der Waals surface area (Å²) in [5.41, 5.74) is -1.76. The molecule has 10 atom stereocenters. The highest BCUT2D eigenvalue weighted by Crippen LogP contribution is 2.77. The van der Waals surface area contributed by atoms with Crippen LogP contribution in [0.4, 0.5) is 0 Å². The number of aliphatic hydroxyl groups excluding tert-OH is 3. The summed E-state index contributed by atoms with van der Waals surface area (Å²) in [7, 11) is 0. The van der Waals surface area contributed by atoms with Gasteiger partial charge in [0.2, 0.25) is 5.79 Å². The van der Waals surface area contributed by atoms with E-state index in [1.807, 2.05) is 0 Å². The summed E-state index contributed by atoms with van der Waals surface area (Å²) in [5.74, 6) is -3.14. The maximum absolute atomic E-state index is 12.1. The van der Waals surface area contributed by atoms with E-state index in [0.29, 0.717) is 18.6 Å². The van der Waals surface area contributed by atoms with Crippen molar-refractivity contribution in [3.05, 3.63) is 12.2 Å². The molecule has 0 amide bonds. The smallest absolute Gasteiger partial charge is 0.207 e. The quantitative estimate of drug-likeness (QED) is 0.314. The number of rotatable bonds is 3. The average molecular weight is 411 g/mol. The summed E-state index contributed by atoms with van der Waals surface area (Å²) in [6.07, 6.45) is -0.888. The molecule has 4 aliphatic carbocycles. The number of fused-ring (bicyclic) bond motifs is 2. The summed E-state index contributed by atoms with van der Waals surface area (Å²) >= 11 is 0. The highest BCUT2D eigenvalue weighted by molar-refractivity contribution is 5.38. The average Bonchev–Trinajstić information content (AvgIpc) is 2.77. The van der Waals surface area contributed by atoms with Gasteiger partial charge >= 0.3 is 0 Å². The van der Waals surface area contributed by atoms with Crippen LogP contribution in [0.3, 0.4) is 0 Å². The predicted molar refractivity (Wildman–Crippen MR) is 102 cm³/mol. The molecule has 0 aromatic carbocycles. The fourth-order valence-electron chi connectivity index (χ4n) is 8.51.